The number of hydrogen-bond acceptors (Lipinski definition) is 6. The molecule has 0 amide bonds. The minimum Gasteiger partial charge on any atom is -0.382 e. The molecule has 21 heavy (non-hydrogen) atoms. The second-order valence-corrected chi connectivity index (χ2v) is 5.58. The summed E-state index contributed by atoms with van der Waals surface area (Å²) in [5, 5.41) is 0. The minimum absolute atomic E-state index is 0.561. The fourth-order valence-corrected chi connectivity index (χ4v) is 2.94. The van der Waals surface area contributed by atoms with Crippen LogP contribution in [0.3, 0.4) is 0 Å². The van der Waals surface area contributed by atoms with Crippen molar-refractivity contribution in [3.05, 3.63) is 42.4 Å². The summed E-state index contributed by atoms with van der Waals surface area (Å²) in [6.07, 6.45) is 12.0. The molecule has 0 spiro atoms. The zero-order valence-electron chi connectivity index (χ0n) is 12.0. The number of rotatable bonds is 4. The van der Waals surface area contributed by atoms with Gasteiger partial charge in [0, 0.05) is 43.4 Å². The Morgan fingerprint density at radius 1 is 1.19 bits per heavy atom. The molecule has 6 heteroatoms. The smallest absolute Gasteiger partial charge is 0.145 e. The number of nitrogens with two attached hydrogens (primary N) is 1. The first kappa shape index (κ1) is 13.9. The Balaban J connectivity index is 1.60. The highest BCUT2D eigenvalue weighted by Gasteiger charge is 2.21. The number of likely N-dealkylation sites (tertiary alicyclic amines) is 1. The van der Waals surface area contributed by atoms with E-state index in [1.807, 2.05) is 12.4 Å². The van der Waals surface area contributed by atoms with Crippen molar-refractivity contribution in [1.29, 1.82) is 0 Å². The van der Waals surface area contributed by atoms with E-state index in [4.69, 9.17) is 5.73 Å². The van der Waals surface area contributed by atoms with Crippen LogP contribution in [0.1, 0.15) is 24.1 Å². The van der Waals surface area contributed by atoms with Crippen molar-refractivity contribution in [2.45, 2.75) is 25.8 Å². The molecule has 0 saturated carbocycles. The maximum absolute atomic E-state index is 5.89. The Morgan fingerprint density at radius 3 is 2.81 bits per heavy atom. The Labute approximate surface area is 124 Å². The van der Waals surface area contributed by atoms with Crippen LogP contribution in [0.25, 0.3) is 0 Å². The molecule has 6 nitrogen and oxygen atoms in total. The molecular formula is C15H20N6. The molecule has 1 saturated heterocycles. The highest BCUT2D eigenvalue weighted by atomic mass is 15.1. The van der Waals surface area contributed by atoms with Gasteiger partial charge >= 0.3 is 0 Å². The Hall–Kier alpha value is -2.08. The highest BCUT2D eigenvalue weighted by Crippen LogP contribution is 2.22. The Kier molecular flexibility index (Phi) is 4.35. The topological polar surface area (TPSA) is 80.8 Å². The Morgan fingerprint density at radius 2 is 2.00 bits per heavy atom. The van der Waals surface area contributed by atoms with Gasteiger partial charge in [-0.2, -0.15) is 0 Å². The van der Waals surface area contributed by atoms with E-state index in [1.165, 1.54) is 12.8 Å². The normalized spacial score (nSPS) is 19.5. The molecule has 3 heterocycles. The van der Waals surface area contributed by atoms with Crippen molar-refractivity contribution in [3.8, 4) is 0 Å². The molecule has 0 bridgehead atoms. The van der Waals surface area contributed by atoms with Crippen LogP contribution < -0.4 is 5.73 Å². The second-order valence-electron chi connectivity index (χ2n) is 5.58. The summed E-state index contributed by atoms with van der Waals surface area (Å²) in [5.74, 6) is 1.15. The van der Waals surface area contributed by atoms with E-state index in [0.29, 0.717) is 11.7 Å². The van der Waals surface area contributed by atoms with Crippen molar-refractivity contribution in [2.75, 3.05) is 18.8 Å². The summed E-state index contributed by atoms with van der Waals surface area (Å²) in [6, 6.07) is 0. The maximum atomic E-state index is 5.89. The summed E-state index contributed by atoms with van der Waals surface area (Å²) < 4.78 is 0. The third-order valence-electron chi connectivity index (χ3n) is 3.91. The molecule has 0 unspecified atom stereocenters. The highest BCUT2D eigenvalue weighted by molar-refractivity contribution is 5.33. The van der Waals surface area contributed by atoms with Gasteiger partial charge in [0.1, 0.15) is 12.1 Å². The summed E-state index contributed by atoms with van der Waals surface area (Å²) in [7, 11) is 0. The van der Waals surface area contributed by atoms with Crippen LogP contribution in [0.5, 0.6) is 0 Å². The molecule has 1 atom stereocenters. The van der Waals surface area contributed by atoms with Crippen molar-refractivity contribution in [2.24, 2.45) is 5.92 Å². The number of hydrogen-bond donors (Lipinski definition) is 1. The van der Waals surface area contributed by atoms with Crippen molar-refractivity contribution < 1.29 is 0 Å². The van der Waals surface area contributed by atoms with E-state index in [0.717, 1.165) is 37.3 Å². The predicted molar refractivity (Wildman–Crippen MR) is 80.2 cm³/mol. The van der Waals surface area contributed by atoms with Gasteiger partial charge < -0.3 is 5.73 Å². The van der Waals surface area contributed by atoms with Crippen molar-refractivity contribution >= 4 is 5.82 Å². The quantitative estimate of drug-likeness (QED) is 0.911. The third kappa shape index (κ3) is 3.72. The molecule has 110 valence electrons. The zero-order valence-corrected chi connectivity index (χ0v) is 12.0. The van der Waals surface area contributed by atoms with E-state index in [-0.39, 0.29) is 0 Å². The summed E-state index contributed by atoms with van der Waals surface area (Å²) in [4.78, 5) is 19.1. The van der Waals surface area contributed by atoms with E-state index in [2.05, 4.69) is 24.8 Å². The van der Waals surface area contributed by atoms with E-state index in [9.17, 15) is 0 Å². The molecule has 2 N–H and O–H groups in total. The van der Waals surface area contributed by atoms with Crippen LogP contribution in [0.4, 0.5) is 5.82 Å². The first-order chi connectivity index (χ1) is 10.3. The van der Waals surface area contributed by atoms with Gasteiger partial charge in [-0.1, -0.05) is 0 Å². The van der Waals surface area contributed by atoms with Gasteiger partial charge in [0.05, 0.1) is 5.69 Å². The number of piperidine rings is 1. The van der Waals surface area contributed by atoms with Crippen LogP contribution in [-0.2, 0) is 13.0 Å². The first-order valence-corrected chi connectivity index (χ1v) is 7.33. The fourth-order valence-electron chi connectivity index (χ4n) is 2.94. The molecule has 0 aliphatic carbocycles. The van der Waals surface area contributed by atoms with Crippen LogP contribution in [0, 0.1) is 5.92 Å². The third-order valence-corrected chi connectivity index (χ3v) is 3.91. The monoisotopic (exact) mass is 284 g/mol. The average molecular weight is 284 g/mol. The van der Waals surface area contributed by atoms with E-state index < -0.39 is 0 Å². The number of nitrogens with zero attached hydrogens (tertiary/aromatic N) is 5. The first-order valence-electron chi connectivity index (χ1n) is 7.33. The molecule has 0 radical (unpaired) electrons. The van der Waals surface area contributed by atoms with Gasteiger partial charge in [-0.3, -0.25) is 9.88 Å². The minimum atomic E-state index is 0.561. The van der Waals surface area contributed by atoms with Gasteiger partial charge in [0.15, 0.2) is 0 Å². The van der Waals surface area contributed by atoms with Gasteiger partial charge in [-0.25, -0.2) is 15.0 Å². The van der Waals surface area contributed by atoms with Crippen molar-refractivity contribution in [1.82, 2.24) is 24.8 Å². The number of anilines is 1. The average Bonchev–Trinajstić information content (AvgIpc) is 2.51. The molecule has 3 rings (SSSR count). The Bertz CT molecular complexity index is 573. The predicted octanol–water partition coefficient (Wildman–Crippen LogP) is 1.30. The van der Waals surface area contributed by atoms with Gasteiger partial charge in [0.25, 0.3) is 0 Å². The molecule has 2 aromatic rings. The largest absolute Gasteiger partial charge is 0.382 e. The van der Waals surface area contributed by atoms with Crippen LogP contribution >= 0.6 is 0 Å². The summed E-state index contributed by atoms with van der Waals surface area (Å²) in [5.41, 5.74) is 7.98. The lowest BCUT2D eigenvalue weighted by atomic mass is 9.93. The SMILES string of the molecule is Nc1nccnc1C[C@@H]1CCCN(Cc2cncnc2)C1. The molecule has 0 aromatic carbocycles. The van der Waals surface area contributed by atoms with Crippen molar-refractivity contribution in [3.63, 3.8) is 0 Å². The summed E-state index contributed by atoms with van der Waals surface area (Å²) >= 11 is 0. The van der Waals surface area contributed by atoms with Gasteiger partial charge in [0.2, 0.25) is 0 Å². The fraction of sp³-hybridized carbons (Fsp3) is 0.467. The lowest BCUT2D eigenvalue weighted by molar-refractivity contribution is 0.166. The lowest BCUT2D eigenvalue weighted by Gasteiger charge is -2.32. The van der Waals surface area contributed by atoms with Crippen LogP contribution in [0.15, 0.2) is 31.1 Å². The zero-order chi connectivity index (χ0) is 14.5. The molecular weight excluding hydrogens is 264 g/mol. The summed E-state index contributed by atoms with van der Waals surface area (Å²) in [6.45, 7) is 3.10. The molecule has 1 aliphatic heterocycles. The van der Waals surface area contributed by atoms with E-state index >= 15 is 0 Å². The maximum Gasteiger partial charge on any atom is 0.145 e. The number of aromatic nitrogens is 4. The standard InChI is InChI=1S/C15H20N6/c16-15-14(19-3-4-20-15)6-12-2-1-5-21(9-12)10-13-7-17-11-18-8-13/h3-4,7-8,11-12H,1-2,5-6,9-10H2,(H2,16,20)/t12-/m0/s1. The van der Waals surface area contributed by atoms with Gasteiger partial charge in [-0.05, 0) is 31.7 Å². The van der Waals surface area contributed by atoms with Crippen LogP contribution in [-0.4, -0.2) is 37.9 Å². The second kappa shape index (κ2) is 6.58. The number of nitrogen functional groups attached to an aromatic ring is 1. The molecule has 2 aromatic heterocycles. The van der Waals surface area contributed by atoms with Gasteiger partial charge in [-0.15, -0.1) is 0 Å². The molecule has 1 aliphatic rings. The van der Waals surface area contributed by atoms with Crippen LogP contribution in [0.2, 0.25) is 0 Å². The molecule has 1 fully saturated rings. The lowest BCUT2D eigenvalue weighted by Crippen LogP contribution is -2.36. The van der Waals surface area contributed by atoms with E-state index in [1.54, 1.807) is 18.7 Å².